The van der Waals surface area contributed by atoms with Crippen LogP contribution in [-0.4, -0.2) is 15.8 Å². The monoisotopic (exact) mass is 369 g/mol. The number of nitrogens with zero attached hydrogens (tertiary/aromatic N) is 2. The van der Waals surface area contributed by atoms with E-state index in [4.69, 9.17) is 11.6 Å². The van der Waals surface area contributed by atoms with Gasteiger partial charge >= 0.3 is 0 Å². The first kappa shape index (κ1) is 15.4. The maximum atomic E-state index is 12.2. The summed E-state index contributed by atoms with van der Waals surface area (Å²) in [7, 11) is 0. The van der Waals surface area contributed by atoms with Crippen molar-refractivity contribution in [3.8, 4) is 0 Å². The zero-order valence-electron chi connectivity index (χ0n) is 10.8. The third-order valence-electron chi connectivity index (χ3n) is 2.73. The molecule has 0 saturated carbocycles. The summed E-state index contributed by atoms with van der Waals surface area (Å²) < 4.78 is 0.651. The Morgan fingerprint density at radius 1 is 1.43 bits per heavy atom. The van der Waals surface area contributed by atoms with Gasteiger partial charge in [0.15, 0.2) is 5.15 Å². The Kier molecular flexibility index (Phi) is 4.54. The number of aryl methyl sites for hydroxylation is 1. The molecule has 1 amide bonds. The molecule has 6 nitrogen and oxygen atoms in total. The number of nitro groups is 1. The van der Waals surface area contributed by atoms with Gasteiger partial charge < -0.3 is 5.32 Å². The van der Waals surface area contributed by atoms with Crippen molar-refractivity contribution in [3.63, 3.8) is 0 Å². The number of nitrogens with one attached hydrogen (secondary N) is 1. The fourth-order valence-electron chi connectivity index (χ4n) is 1.67. The summed E-state index contributed by atoms with van der Waals surface area (Å²) in [6.45, 7) is 1.69. The zero-order chi connectivity index (χ0) is 15.6. The number of pyridine rings is 1. The van der Waals surface area contributed by atoms with Crippen molar-refractivity contribution in [1.29, 1.82) is 0 Å². The highest BCUT2D eigenvalue weighted by Gasteiger charge is 2.16. The molecule has 1 heterocycles. The van der Waals surface area contributed by atoms with Crippen molar-refractivity contribution < 1.29 is 9.72 Å². The summed E-state index contributed by atoms with van der Waals surface area (Å²) in [5, 5.41) is 13.5. The fraction of sp³-hybridized carbons (Fsp3) is 0.0769. The smallest absolute Gasteiger partial charge is 0.270 e. The van der Waals surface area contributed by atoms with Gasteiger partial charge in [0.25, 0.3) is 11.6 Å². The van der Waals surface area contributed by atoms with Gasteiger partial charge in [0, 0.05) is 28.4 Å². The average molecular weight is 371 g/mol. The zero-order valence-corrected chi connectivity index (χ0v) is 13.1. The lowest BCUT2D eigenvalue weighted by Gasteiger charge is -2.09. The van der Waals surface area contributed by atoms with E-state index in [-0.39, 0.29) is 16.4 Å². The molecule has 0 radical (unpaired) electrons. The number of benzene rings is 1. The van der Waals surface area contributed by atoms with Crippen LogP contribution in [0.25, 0.3) is 0 Å². The first-order chi connectivity index (χ1) is 9.88. The summed E-state index contributed by atoms with van der Waals surface area (Å²) in [5.41, 5.74) is 1.00. The molecule has 0 fully saturated rings. The lowest BCUT2D eigenvalue weighted by Crippen LogP contribution is -2.14. The number of hydrogen-bond donors (Lipinski definition) is 1. The predicted octanol–water partition coefficient (Wildman–Crippen LogP) is 3.97. The minimum Gasteiger partial charge on any atom is -0.319 e. The Morgan fingerprint density at radius 2 is 2.14 bits per heavy atom. The molecule has 1 N–H and O–H groups in total. The van der Waals surface area contributed by atoms with Crippen molar-refractivity contribution in [3.05, 3.63) is 61.3 Å². The maximum absolute atomic E-state index is 12.2. The van der Waals surface area contributed by atoms with Gasteiger partial charge in [0.1, 0.15) is 0 Å². The highest BCUT2D eigenvalue weighted by atomic mass is 79.9. The van der Waals surface area contributed by atoms with Crippen molar-refractivity contribution in [2.75, 3.05) is 5.32 Å². The van der Waals surface area contributed by atoms with Crippen LogP contribution < -0.4 is 5.32 Å². The third kappa shape index (κ3) is 3.56. The molecule has 2 aromatic rings. The van der Waals surface area contributed by atoms with E-state index in [1.165, 1.54) is 24.4 Å². The molecule has 0 aliphatic carbocycles. The molecule has 0 bridgehead atoms. The van der Waals surface area contributed by atoms with Gasteiger partial charge in [0.2, 0.25) is 0 Å². The molecule has 0 unspecified atom stereocenters. The van der Waals surface area contributed by atoms with Crippen LogP contribution in [0.4, 0.5) is 11.4 Å². The second-order valence-corrected chi connectivity index (χ2v) is 5.48. The summed E-state index contributed by atoms with van der Waals surface area (Å²) in [6, 6.07) is 5.69. The number of amides is 1. The molecule has 108 valence electrons. The van der Waals surface area contributed by atoms with Crippen molar-refractivity contribution in [1.82, 2.24) is 4.98 Å². The average Bonchev–Trinajstić information content (AvgIpc) is 2.43. The molecule has 0 aliphatic rings. The van der Waals surface area contributed by atoms with Crippen LogP contribution in [0.5, 0.6) is 0 Å². The van der Waals surface area contributed by atoms with Gasteiger partial charge in [-0.3, -0.25) is 14.9 Å². The molecule has 0 spiro atoms. The second kappa shape index (κ2) is 6.19. The van der Waals surface area contributed by atoms with E-state index in [1.54, 1.807) is 13.0 Å². The van der Waals surface area contributed by atoms with Gasteiger partial charge in [-0.1, -0.05) is 17.7 Å². The Hall–Kier alpha value is -1.99. The molecule has 1 aromatic carbocycles. The number of rotatable bonds is 3. The van der Waals surface area contributed by atoms with Crippen molar-refractivity contribution >= 4 is 44.8 Å². The Labute approximate surface area is 133 Å². The topological polar surface area (TPSA) is 85.1 Å². The highest BCUT2D eigenvalue weighted by Crippen LogP contribution is 2.25. The summed E-state index contributed by atoms with van der Waals surface area (Å²) in [5.74, 6) is -0.488. The lowest BCUT2D eigenvalue weighted by atomic mass is 10.1. The van der Waals surface area contributed by atoms with E-state index < -0.39 is 10.8 Å². The van der Waals surface area contributed by atoms with Gasteiger partial charge in [0.05, 0.1) is 10.6 Å². The van der Waals surface area contributed by atoms with E-state index in [0.29, 0.717) is 15.7 Å². The summed E-state index contributed by atoms with van der Waals surface area (Å²) in [4.78, 5) is 26.4. The van der Waals surface area contributed by atoms with Crippen LogP contribution in [0.3, 0.4) is 0 Å². The molecule has 1 aromatic heterocycles. The standard InChI is InChI=1S/C13H9BrClN3O3/c1-7-2-3-9(18(20)21)5-10(7)13(19)17-11-4-8(14)6-16-12(11)15/h2-6H,1H3,(H,17,19). The Balaban J connectivity index is 2.34. The van der Waals surface area contributed by atoms with Gasteiger partial charge in [-0.05, 0) is 34.5 Å². The molecule has 21 heavy (non-hydrogen) atoms. The van der Waals surface area contributed by atoms with Crippen molar-refractivity contribution in [2.24, 2.45) is 0 Å². The predicted molar refractivity (Wildman–Crippen MR) is 82.7 cm³/mol. The lowest BCUT2D eigenvalue weighted by molar-refractivity contribution is -0.384. The van der Waals surface area contributed by atoms with Crippen LogP contribution in [0.15, 0.2) is 34.9 Å². The van der Waals surface area contributed by atoms with Crippen LogP contribution in [0.2, 0.25) is 5.15 Å². The summed E-state index contributed by atoms with van der Waals surface area (Å²) in [6.07, 6.45) is 1.50. The number of halogens is 2. The van der Waals surface area contributed by atoms with Crippen LogP contribution in [0, 0.1) is 17.0 Å². The number of nitro benzene ring substituents is 1. The Morgan fingerprint density at radius 3 is 2.81 bits per heavy atom. The minimum absolute atomic E-state index is 0.134. The van der Waals surface area contributed by atoms with Gasteiger partial charge in [-0.15, -0.1) is 0 Å². The van der Waals surface area contributed by atoms with Crippen LogP contribution in [-0.2, 0) is 0 Å². The minimum atomic E-state index is -0.552. The number of hydrogen-bond acceptors (Lipinski definition) is 4. The second-order valence-electron chi connectivity index (χ2n) is 4.20. The third-order valence-corrected chi connectivity index (χ3v) is 3.47. The number of anilines is 1. The van der Waals surface area contributed by atoms with E-state index in [2.05, 4.69) is 26.2 Å². The number of carbonyl (C=O) groups excluding carboxylic acids is 1. The highest BCUT2D eigenvalue weighted by molar-refractivity contribution is 9.10. The molecule has 0 saturated heterocycles. The van der Waals surface area contributed by atoms with E-state index in [9.17, 15) is 14.9 Å². The Bertz CT molecular complexity index is 737. The van der Waals surface area contributed by atoms with E-state index >= 15 is 0 Å². The molecular weight excluding hydrogens is 362 g/mol. The van der Waals surface area contributed by atoms with E-state index in [1.807, 2.05) is 0 Å². The summed E-state index contributed by atoms with van der Waals surface area (Å²) >= 11 is 9.12. The molecule has 8 heteroatoms. The quantitative estimate of drug-likeness (QED) is 0.503. The van der Waals surface area contributed by atoms with Crippen molar-refractivity contribution in [2.45, 2.75) is 6.92 Å². The van der Waals surface area contributed by atoms with Crippen LogP contribution >= 0.6 is 27.5 Å². The number of carbonyl (C=O) groups is 1. The van der Waals surface area contributed by atoms with Gasteiger partial charge in [-0.25, -0.2) is 4.98 Å². The largest absolute Gasteiger partial charge is 0.319 e. The maximum Gasteiger partial charge on any atom is 0.270 e. The molecule has 0 aliphatic heterocycles. The molecule has 2 rings (SSSR count). The molecule has 0 atom stereocenters. The SMILES string of the molecule is Cc1ccc([N+](=O)[O-])cc1C(=O)Nc1cc(Br)cnc1Cl. The molecular formula is C13H9BrClN3O3. The number of aromatic nitrogens is 1. The fourth-order valence-corrected chi connectivity index (χ4v) is 2.15. The number of non-ortho nitro benzene ring substituents is 1. The van der Waals surface area contributed by atoms with Gasteiger partial charge in [-0.2, -0.15) is 0 Å². The normalized spacial score (nSPS) is 10.2. The van der Waals surface area contributed by atoms with E-state index in [0.717, 1.165) is 0 Å². The van der Waals surface area contributed by atoms with Crippen LogP contribution in [0.1, 0.15) is 15.9 Å². The first-order valence-electron chi connectivity index (χ1n) is 5.76. The first-order valence-corrected chi connectivity index (χ1v) is 6.93.